The molecule has 13 heteroatoms. The maximum absolute atomic E-state index is 14.7. The first-order valence-corrected chi connectivity index (χ1v) is 20.5. The Kier molecular flexibility index (Phi) is 15.1. The number of nitrogens with zero attached hydrogens (tertiary/aromatic N) is 1. The molecular formula is C47H60N2O11. The third kappa shape index (κ3) is 10.7. The van der Waals surface area contributed by atoms with E-state index >= 15 is 0 Å². The molecule has 0 saturated carbocycles. The first-order chi connectivity index (χ1) is 28.5. The number of hydrogen-bond acceptors (Lipinski definition) is 12. The average molecular weight is 829 g/mol. The molecule has 2 aromatic rings. The molecule has 324 valence electrons. The van der Waals surface area contributed by atoms with Crippen molar-refractivity contribution in [2.45, 2.75) is 98.8 Å². The molecule has 0 spiro atoms. The van der Waals surface area contributed by atoms with E-state index in [4.69, 9.17) is 33.2 Å². The first-order valence-electron chi connectivity index (χ1n) is 20.5. The van der Waals surface area contributed by atoms with Crippen molar-refractivity contribution in [2.24, 2.45) is 17.8 Å². The summed E-state index contributed by atoms with van der Waals surface area (Å²) in [4.78, 5) is 56.2. The number of aldehydes is 1. The molecule has 0 aliphatic carbocycles. The Morgan fingerprint density at radius 2 is 1.77 bits per heavy atom. The Bertz CT molecular complexity index is 2070. The minimum atomic E-state index is -1.80. The van der Waals surface area contributed by atoms with Crippen LogP contribution in [-0.4, -0.2) is 87.3 Å². The second-order valence-electron chi connectivity index (χ2n) is 16.5. The van der Waals surface area contributed by atoms with E-state index < -0.39 is 47.7 Å². The van der Waals surface area contributed by atoms with Crippen LogP contribution >= 0.6 is 0 Å². The number of esters is 1. The van der Waals surface area contributed by atoms with E-state index in [0.29, 0.717) is 65.4 Å². The van der Waals surface area contributed by atoms with Crippen molar-refractivity contribution in [3.05, 3.63) is 94.1 Å². The summed E-state index contributed by atoms with van der Waals surface area (Å²) in [5.74, 6) is -1.98. The van der Waals surface area contributed by atoms with Crippen molar-refractivity contribution in [1.82, 2.24) is 10.2 Å². The third-order valence-electron chi connectivity index (χ3n) is 11.2. The zero-order valence-corrected chi connectivity index (χ0v) is 36.7. The zero-order chi connectivity index (χ0) is 43.9. The second-order valence-corrected chi connectivity index (χ2v) is 16.5. The van der Waals surface area contributed by atoms with Crippen LogP contribution in [-0.2, 0) is 35.0 Å². The van der Waals surface area contributed by atoms with Crippen LogP contribution in [0.4, 0.5) is 0 Å². The molecule has 3 aliphatic heterocycles. The van der Waals surface area contributed by atoms with E-state index in [-0.39, 0.29) is 41.0 Å². The molecule has 5 rings (SSSR count). The highest BCUT2D eigenvalue weighted by molar-refractivity contribution is 6.08. The minimum Gasteiger partial charge on any atom is -0.492 e. The van der Waals surface area contributed by atoms with Crippen LogP contribution in [0, 0.1) is 31.6 Å². The standard InChI is InChI=1S/C47H60N2O11/c1-27-14-12-15-29(3)46(53)48-37(26-50)39(58-35-17-13-16-34(24-35)55-21-19-49(9)10)25-36-30(4)42-32(6)44-41(36)45(52)47(8,60-44)56-20-18-38(54-11)31(5)43(57-33(7)51)40(59-42)23-28(2)22-27/h12-18,20,24,26-28,31,38,40,43H,19,21-23,25H2,1-11H3,(H,48,53)/b14-12+,20-18+,29-15-,39-37-. The summed E-state index contributed by atoms with van der Waals surface area (Å²) in [6.07, 6.45) is 8.09. The fraction of sp³-hybridized carbons (Fsp3) is 0.489. The van der Waals surface area contributed by atoms with Gasteiger partial charge < -0.3 is 43.4 Å². The number of benzene rings is 2. The molecule has 0 saturated heterocycles. The van der Waals surface area contributed by atoms with Gasteiger partial charge in [0, 0.05) is 57.0 Å². The van der Waals surface area contributed by atoms with Gasteiger partial charge in [-0.3, -0.25) is 19.2 Å². The Balaban J connectivity index is 1.78. The number of ether oxygens (including phenoxy) is 7. The van der Waals surface area contributed by atoms with Crippen molar-refractivity contribution in [3.8, 4) is 23.0 Å². The molecule has 0 radical (unpaired) electrons. The smallest absolute Gasteiger partial charge is 0.312 e. The number of methoxy groups -OCH3 is 1. The molecule has 5 bridgehead atoms. The number of rotatable bonds is 9. The number of nitrogens with one attached hydrogen (secondary N) is 1. The summed E-state index contributed by atoms with van der Waals surface area (Å²) >= 11 is 0. The van der Waals surface area contributed by atoms with Crippen molar-refractivity contribution >= 4 is 23.9 Å². The van der Waals surface area contributed by atoms with Gasteiger partial charge in [-0.2, -0.15) is 0 Å². The number of ketones is 1. The molecule has 13 nitrogen and oxygen atoms in total. The van der Waals surface area contributed by atoms with E-state index in [1.807, 2.05) is 51.9 Å². The highest BCUT2D eigenvalue weighted by Gasteiger charge is 2.50. The highest BCUT2D eigenvalue weighted by atomic mass is 16.7. The Morgan fingerprint density at radius 1 is 1.03 bits per heavy atom. The van der Waals surface area contributed by atoms with Crippen molar-refractivity contribution in [1.29, 1.82) is 0 Å². The molecular weight excluding hydrogens is 769 g/mol. The quantitative estimate of drug-likeness (QED) is 0.203. The molecule has 7 atom stereocenters. The van der Waals surface area contributed by atoms with Gasteiger partial charge in [-0.15, -0.1) is 0 Å². The third-order valence-corrected chi connectivity index (χ3v) is 11.2. The summed E-state index contributed by atoms with van der Waals surface area (Å²) in [7, 11) is 5.45. The van der Waals surface area contributed by atoms with Crippen molar-refractivity contribution < 1.29 is 52.3 Å². The van der Waals surface area contributed by atoms with Crippen LogP contribution in [0.5, 0.6) is 23.0 Å². The minimum absolute atomic E-state index is 0.0461. The van der Waals surface area contributed by atoms with Gasteiger partial charge in [-0.1, -0.05) is 45.1 Å². The lowest BCUT2D eigenvalue weighted by Crippen LogP contribution is -2.45. The average Bonchev–Trinajstić information content (AvgIpc) is 3.45. The monoisotopic (exact) mass is 828 g/mol. The van der Waals surface area contributed by atoms with Crippen LogP contribution in [0.15, 0.2) is 71.9 Å². The van der Waals surface area contributed by atoms with E-state index in [1.165, 1.54) is 20.1 Å². The molecule has 1 amide bonds. The number of carbonyl (C=O) groups is 4. The summed E-state index contributed by atoms with van der Waals surface area (Å²) in [6, 6.07) is 6.95. The SMILES string of the molecule is COC1/C=C/OC2(C)Oc3c(C)c4c(C)c(c3C2=O)C/C(Oc2cccc(OCCN(C)C)c2)=C(\C=O)NC(=O)/C(C)=C\C=C\C(C)CC(C)CC(O4)C(OC(C)=O)C1C. The van der Waals surface area contributed by atoms with E-state index in [9.17, 15) is 19.2 Å². The lowest BCUT2D eigenvalue weighted by Gasteiger charge is -2.36. The molecule has 3 heterocycles. The van der Waals surface area contributed by atoms with E-state index in [0.717, 1.165) is 6.42 Å². The molecule has 0 aromatic heterocycles. The Labute approximate surface area is 353 Å². The fourth-order valence-corrected chi connectivity index (χ4v) is 7.88. The summed E-state index contributed by atoms with van der Waals surface area (Å²) < 4.78 is 44.2. The van der Waals surface area contributed by atoms with Crippen LogP contribution in [0.1, 0.15) is 81.4 Å². The number of allylic oxidation sites excluding steroid dienone is 5. The van der Waals surface area contributed by atoms with Crippen LogP contribution in [0.25, 0.3) is 0 Å². The summed E-state index contributed by atoms with van der Waals surface area (Å²) in [5, 5.41) is 2.76. The number of carbonyl (C=O) groups excluding carboxylic acids is 4. The van der Waals surface area contributed by atoms with Gasteiger partial charge in [-0.05, 0) is 88.9 Å². The lowest BCUT2D eigenvalue weighted by molar-refractivity contribution is -0.159. The number of Topliss-reactive ketones (excluding diaryl/α,β-unsaturated/α-hetero) is 1. The van der Waals surface area contributed by atoms with Gasteiger partial charge in [0.2, 0.25) is 0 Å². The normalized spacial score (nSPS) is 29.2. The topological polar surface area (TPSA) is 148 Å². The highest BCUT2D eigenvalue weighted by Crippen LogP contribution is 2.48. The molecule has 7 unspecified atom stereocenters. The predicted octanol–water partition coefficient (Wildman–Crippen LogP) is 7.13. The zero-order valence-electron chi connectivity index (χ0n) is 36.7. The number of fused-ring (bicyclic) bond motifs is 4. The molecule has 60 heavy (non-hydrogen) atoms. The second kappa shape index (κ2) is 19.8. The van der Waals surface area contributed by atoms with Crippen LogP contribution in [0.2, 0.25) is 0 Å². The molecule has 0 fully saturated rings. The van der Waals surface area contributed by atoms with Crippen LogP contribution in [0.3, 0.4) is 0 Å². The van der Waals surface area contributed by atoms with Gasteiger partial charge in [0.05, 0.1) is 17.9 Å². The summed E-state index contributed by atoms with van der Waals surface area (Å²) in [6.45, 7) is 15.4. The maximum Gasteiger partial charge on any atom is 0.312 e. The van der Waals surface area contributed by atoms with Crippen molar-refractivity contribution in [2.75, 3.05) is 34.4 Å². The number of likely N-dealkylation sites (N-methyl/N-ethyl adjacent to an activating group) is 1. The number of amides is 1. The fourth-order valence-electron chi connectivity index (χ4n) is 7.88. The lowest BCUT2D eigenvalue weighted by atomic mass is 9.85. The van der Waals surface area contributed by atoms with Gasteiger partial charge >= 0.3 is 11.8 Å². The van der Waals surface area contributed by atoms with E-state index in [1.54, 1.807) is 50.5 Å². The van der Waals surface area contributed by atoms with E-state index in [2.05, 4.69) is 19.2 Å². The molecule has 1 N–H and O–H groups in total. The predicted molar refractivity (Wildman–Crippen MR) is 226 cm³/mol. The van der Waals surface area contributed by atoms with Gasteiger partial charge in [0.1, 0.15) is 53.3 Å². The van der Waals surface area contributed by atoms with Crippen LogP contribution < -0.4 is 24.3 Å². The van der Waals surface area contributed by atoms with Gasteiger partial charge in [0.25, 0.3) is 11.7 Å². The molecule has 3 aliphatic rings. The maximum atomic E-state index is 14.7. The first kappa shape index (κ1) is 45.7. The molecule has 2 aromatic carbocycles. The van der Waals surface area contributed by atoms with Gasteiger partial charge in [0.15, 0.2) is 6.29 Å². The number of hydrogen-bond donors (Lipinski definition) is 1. The largest absolute Gasteiger partial charge is 0.492 e. The Morgan fingerprint density at radius 3 is 2.45 bits per heavy atom. The summed E-state index contributed by atoms with van der Waals surface area (Å²) in [5.41, 5.74) is 1.94. The Hall–Kier alpha value is -5.40. The van der Waals surface area contributed by atoms with Crippen molar-refractivity contribution in [3.63, 3.8) is 0 Å². The van der Waals surface area contributed by atoms with Gasteiger partial charge in [-0.25, -0.2) is 0 Å².